The Labute approximate surface area is 133 Å². The van der Waals surface area contributed by atoms with Crippen LogP contribution in [-0.2, 0) is 11.3 Å². The lowest BCUT2D eigenvalue weighted by molar-refractivity contribution is -0.128. The van der Waals surface area contributed by atoms with Gasteiger partial charge in [-0.3, -0.25) is 4.79 Å². The van der Waals surface area contributed by atoms with Gasteiger partial charge in [0.2, 0.25) is 5.91 Å². The van der Waals surface area contributed by atoms with Crippen molar-refractivity contribution in [2.75, 3.05) is 11.9 Å². The fourth-order valence-corrected chi connectivity index (χ4v) is 2.60. The molecule has 1 aromatic heterocycles. The Kier molecular flexibility index (Phi) is 4.20. The molecule has 1 aliphatic rings. The van der Waals surface area contributed by atoms with E-state index in [2.05, 4.69) is 10.3 Å². The topological polar surface area (TPSA) is 69.0 Å². The van der Waals surface area contributed by atoms with E-state index in [4.69, 9.17) is 5.26 Å². The van der Waals surface area contributed by atoms with Crippen LogP contribution in [0.25, 0.3) is 0 Å². The van der Waals surface area contributed by atoms with Crippen LogP contribution >= 0.6 is 0 Å². The summed E-state index contributed by atoms with van der Waals surface area (Å²) in [5.41, 5.74) is 1.20. The number of pyridine rings is 1. The second-order valence-electron chi connectivity index (χ2n) is 5.39. The van der Waals surface area contributed by atoms with Gasteiger partial charge in [0.15, 0.2) is 0 Å². The molecule has 3 rings (SSSR count). The van der Waals surface area contributed by atoms with Gasteiger partial charge in [-0.05, 0) is 36.2 Å². The van der Waals surface area contributed by atoms with Crippen molar-refractivity contribution in [3.05, 3.63) is 59.5 Å². The lowest BCUT2D eigenvalue weighted by Crippen LogP contribution is -2.33. The van der Waals surface area contributed by atoms with Crippen molar-refractivity contribution in [2.24, 2.45) is 0 Å². The third kappa shape index (κ3) is 3.46. The molecular formula is C17H15FN4O. The number of aromatic nitrogens is 1. The Balaban J connectivity index is 1.64. The highest BCUT2D eigenvalue weighted by molar-refractivity contribution is 5.86. The number of carbonyl (C=O) groups excluding carboxylic acids is 1. The molecule has 0 aliphatic carbocycles. The van der Waals surface area contributed by atoms with Crippen molar-refractivity contribution >= 4 is 11.7 Å². The number of anilines is 1. The van der Waals surface area contributed by atoms with Crippen LogP contribution in [0.3, 0.4) is 0 Å². The predicted octanol–water partition coefficient (Wildman–Crippen LogP) is 2.31. The van der Waals surface area contributed by atoms with Gasteiger partial charge in [0, 0.05) is 13.1 Å². The molecule has 0 radical (unpaired) electrons. The third-order valence-electron chi connectivity index (χ3n) is 3.77. The molecule has 1 N–H and O–H groups in total. The quantitative estimate of drug-likeness (QED) is 0.941. The van der Waals surface area contributed by atoms with Gasteiger partial charge in [-0.15, -0.1) is 0 Å². The number of carbonyl (C=O) groups is 1. The molecule has 1 aromatic carbocycles. The Bertz CT molecular complexity index is 754. The second kappa shape index (κ2) is 6.44. The first-order chi connectivity index (χ1) is 11.2. The molecular weight excluding hydrogens is 295 g/mol. The van der Waals surface area contributed by atoms with Gasteiger partial charge in [0.1, 0.15) is 29.4 Å². The molecule has 0 saturated carbocycles. The van der Waals surface area contributed by atoms with Crippen LogP contribution in [0.1, 0.15) is 17.7 Å². The highest BCUT2D eigenvalue weighted by Crippen LogP contribution is 2.18. The van der Waals surface area contributed by atoms with Crippen molar-refractivity contribution in [2.45, 2.75) is 19.0 Å². The smallest absolute Gasteiger partial charge is 0.245 e. The largest absolute Gasteiger partial charge is 0.358 e. The van der Waals surface area contributed by atoms with Crippen molar-refractivity contribution < 1.29 is 9.18 Å². The molecule has 1 saturated heterocycles. The molecule has 2 aromatic rings. The molecule has 5 nitrogen and oxygen atoms in total. The van der Waals surface area contributed by atoms with Gasteiger partial charge in [-0.1, -0.05) is 18.2 Å². The van der Waals surface area contributed by atoms with Gasteiger partial charge < -0.3 is 10.2 Å². The highest BCUT2D eigenvalue weighted by atomic mass is 19.1. The summed E-state index contributed by atoms with van der Waals surface area (Å²) >= 11 is 0. The highest BCUT2D eigenvalue weighted by Gasteiger charge is 2.31. The number of hydrogen-bond acceptors (Lipinski definition) is 4. The average molecular weight is 310 g/mol. The molecule has 23 heavy (non-hydrogen) atoms. The summed E-state index contributed by atoms with van der Waals surface area (Å²) in [4.78, 5) is 18.3. The van der Waals surface area contributed by atoms with Crippen LogP contribution in [0.5, 0.6) is 0 Å². The monoisotopic (exact) mass is 310 g/mol. The first-order valence-electron chi connectivity index (χ1n) is 7.32. The number of likely N-dealkylation sites (tertiary alicyclic amines) is 1. The van der Waals surface area contributed by atoms with E-state index < -0.39 is 0 Å². The Morgan fingerprint density at radius 3 is 2.83 bits per heavy atom. The zero-order valence-electron chi connectivity index (χ0n) is 12.4. The van der Waals surface area contributed by atoms with E-state index in [0.717, 1.165) is 5.56 Å². The van der Waals surface area contributed by atoms with E-state index in [1.807, 2.05) is 6.07 Å². The standard InChI is InChI=1S/C17H15FN4O/c18-13-6-4-12(5-7-13)11-22-9-8-15(17(22)23)21-16-3-1-2-14(10-19)20-16/h1-7,15H,8-9,11H2,(H,20,21)/t15-/m1/s1. The van der Waals surface area contributed by atoms with E-state index in [1.54, 1.807) is 35.2 Å². The van der Waals surface area contributed by atoms with Crippen molar-refractivity contribution in [3.63, 3.8) is 0 Å². The van der Waals surface area contributed by atoms with Crippen LogP contribution in [-0.4, -0.2) is 28.4 Å². The number of amides is 1. The summed E-state index contributed by atoms with van der Waals surface area (Å²) in [5.74, 6) is 0.217. The minimum atomic E-state index is -0.350. The van der Waals surface area contributed by atoms with E-state index in [-0.39, 0.29) is 17.8 Å². The molecule has 116 valence electrons. The maximum Gasteiger partial charge on any atom is 0.245 e. The maximum atomic E-state index is 12.9. The molecule has 0 bridgehead atoms. The summed E-state index contributed by atoms with van der Waals surface area (Å²) in [6.07, 6.45) is 0.665. The van der Waals surface area contributed by atoms with E-state index in [1.165, 1.54) is 12.1 Å². The van der Waals surface area contributed by atoms with E-state index >= 15 is 0 Å². The second-order valence-corrected chi connectivity index (χ2v) is 5.39. The van der Waals surface area contributed by atoms with Gasteiger partial charge in [0.25, 0.3) is 0 Å². The number of nitriles is 1. The number of nitrogens with one attached hydrogen (secondary N) is 1. The van der Waals surface area contributed by atoms with Crippen LogP contribution in [0.2, 0.25) is 0 Å². The molecule has 0 unspecified atom stereocenters. The molecule has 2 heterocycles. The normalized spacial score (nSPS) is 17.1. The molecule has 1 amide bonds. The predicted molar refractivity (Wildman–Crippen MR) is 82.8 cm³/mol. The first kappa shape index (κ1) is 15.0. The molecule has 0 spiro atoms. The van der Waals surface area contributed by atoms with Crippen LogP contribution in [0.4, 0.5) is 10.2 Å². The number of hydrogen-bond donors (Lipinski definition) is 1. The third-order valence-corrected chi connectivity index (χ3v) is 3.77. The number of nitrogens with zero attached hydrogens (tertiary/aromatic N) is 3. The van der Waals surface area contributed by atoms with E-state index in [0.29, 0.717) is 31.0 Å². The Morgan fingerprint density at radius 1 is 1.30 bits per heavy atom. The van der Waals surface area contributed by atoms with Crippen molar-refractivity contribution in [1.82, 2.24) is 9.88 Å². The molecule has 6 heteroatoms. The van der Waals surface area contributed by atoms with Crippen LogP contribution < -0.4 is 5.32 Å². The van der Waals surface area contributed by atoms with Gasteiger partial charge in [-0.25, -0.2) is 9.37 Å². The summed E-state index contributed by atoms with van der Waals surface area (Å²) in [6.45, 7) is 1.09. The molecule has 1 atom stereocenters. The minimum absolute atomic E-state index is 0.0153. The van der Waals surface area contributed by atoms with Gasteiger partial charge in [0.05, 0.1) is 0 Å². The Morgan fingerprint density at radius 2 is 2.09 bits per heavy atom. The van der Waals surface area contributed by atoms with Gasteiger partial charge >= 0.3 is 0 Å². The average Bonchev–Trinajstić information content (AvgIpc) is 2.90. The summed E-state index contributed by atoms with van der Waals surface area (Å²) in [6, 6.07) is 12.8. The zero-order valence-corrected chi connectivity index (χ0v) is 12.4. The summed E-state index contributed by atoms with van der Waals surface area (Å²) < 4.78 is 12.9. The van der Waals surface area contributed by atoms with Crippen molar-refractivity contribution in [1.29, 1.82) is 5.26 Å². The Hall–Kier alpha value is -2.94. The van der Waals surface area contributed by atoms with Gasteiger partial charge in [-0.2, -0.15) is 5.26 Å². The molecule has 1 fully saturated rings. The summed E-state index contributed by atoms with van der Waals surface area (Å²) in [5, 5.41) is 11.9. The lowest BCUT2D eigenvalue weighted by atomic mass is 10.2. The summed E-state index contributed by atoms with van der Waals surface area (Å²) in [7, 11) is 0. The van der Waals surface area contributed by atoms with Crippen LogP contribution in [0.15, 0.2) is 42.5 Å². The fourth-order valence-electron chi connectivity index (χ4n) is 2.60. The SMILES string of the molecule is N#Cc1cccc(N[C@@H]2CCN(Cc3ccc(F)cc3)C2=O)n1. The first-order valence-corrected chi connectivity index (χ1v) is 7.32. The fraction of sp³-hybridized carbons (Fsp3) is 0.235. The zero-order chi connectivity index (χ0) is 16.2. The number of rotatable bonds is 4. The lowest BCUT2D eigenvalue weighted by Gasteiger charge is -2.17. The molecule has 1 aliphatic heterocycles. The maximum absolute atomic E-state index is 12.9. The minimum Gasteiger partial charge on any atom is -0.358 e. The van der Waals surface area contributed by atoms with Crippen molar-refractivity contribution in [3.8, 4) is 6.07 Å². The van der Waals surface area contributed by atoms with E-state index in [9.17, 15) is 9.18 Å². The number of benzene rings is 1. The number of halogens is 1. The van der Waals surface area contributed by atoms with Crippen LogP contribution in [0, 0.1) is 17.1 Å².